The standard InChI is InChI=1S/C25H25F2N3O3S/c1-4-25(26,27)33-18-7-5-17(6-8-18)20-13-21(23(32)16(3)15(2)11-12-31)30-24(29-20)22-10-9-19(14-28)34-22/h5-10,13,15-16,31H,4,11-12H2,1-3H3/t15?,16-/m0/s1. The molecule has 9 heteroatoms. The molecule has 0 fully saturated rings. The zero-order chi connectivity index (χ0) is 24.9. The van der Waals surface area contributed by atoms with E-state index in [2.05, 4.69) is 16.0 Å². The molecule has 0 radical (unpaired) electrons. The summed E-state index contributed by atoms with van der Waals surface area (Å²) in [5.41, 5.74) is 1.25. The van der Waals surface area contributed by atoms with Crippen LogP contribution in [0.1, 0.15) is 49.0 Å². The fourth-order valence-corrected chi connectivity index (χ4v) is 3.97. The second-order valence-electron chi connectivity index (χ2n) is 8.00. The van der Waals surface area contributed by atoms with Crippen LogP contribution in [0.3, 0.4) is 0 Å². The molecular weight excluding hydrogens is 460 g/mol. The van der Waals surface area contributed by atoms with Crippen molar-refractivity contribution >= 4 is 17.1 Å². The molecule has 0 bridgehead atoms. The van der Waals surface area contributed by atoms with Crippen molar-refractivity contribution in [2.24, 2.45) is 11.8 Å². The lowest BCUT2D eigenvalue weighted by atomic mass is 9.88. The summed E-state index contributed by atoms with van der Waals surface area (Å²) in [5.74, 6) is -0.307. The Morgan fingerprint density at radius 3 is 2.50 bits per heavy atom. The first-order valence-electron chi connectivity index (χ1n) is 10.9. The molecule has 2 aromatic heterocycles. The van der Waals surface area contributed by atoms with Gasteiger partial charge in [-0.1, -0.05) is 20.8 Å². The number of nitrogens with zero attached hydrogens (tertiary/aromatic N) is 3. The number of benzene rings is 1. The summed E-state index contributed by atoms with van der Waals surface area (Å²) in [4.78, 5) is 23.4. The quantitative estimate of drug-likeness (QED) is 0.356. The number of Topliss-reactive ketones (excluding diaryl/α,β-unsaturated/α-hetero) is 1. The number of aliphatic hydroxyl groups is 1. The summed E-state index contributed by atoms with van der Waals surface area (Å²) >= 11 is 1.21. The molecule has 0 aliphatic heterocycles. The zero-order valence-electron chi connectivity index (χ0n) is 19.1. The van der Waals surface area contributed by atoms with Gasteiger partial charge in [-0.25, -0.2) is 9.97 Å². The number of ether oxygens (including phenoxy) is 1. The lowest BCUT2D eigenvalue weighted by molar-refractivity contribution is -0.177. The summed E-state index contributed by atoms with van der Waals surface area (Å²) in [7, 11) is 0. The van der Waals surface area contributed by atoms with Gasteiger partial charge in [0, 0.05) is 24.5 Å². The largest absolute Gasteiger partial charge is 0.433 e. The van der Waals surface area contributed by atoms with Gasteiger partial charge < -0.3 is 9.84 Å². The van der Waals surface area contributed by atoms with Gasteiger partial charge in [-0.3, -0.25) is 4.79 Å². The van der Waals surface area contributed by atoms with E-state index in [1.54, 1.807) is 37.3 Å². The van der Waals surface area contributed by atoms with Crippen LogP contribution in [0.4, 0.5) is 8.78 Å². The van der Waals surface area contributed by atoms with Crippen molar-refractivity contribution in [3.8, 4) is 33.8 Å². The van der Waals surface area contributed by atoms with Gasteiger partial charge in [0.2, 0.25) is 0 Å². The molecule has 1 N–H and O–H groups in total. The van der Waals surface area contributed by atoms with E-state index in [0.29, 0.717) is 33.3 Å². The lowest BCUT2D eigenvalue weighted by Gasteiger charge is -2.18. The number of hydrogen-bond donors (Lipinski definition) is 1. The zero-order valence-corrected chi connectivity index (χ0v) is 19.9. The van der Waals surface area contributed by atoms with E-state index in [4.69, 9.17) is 10.00 Å². The third kappa shape index (κ3) is 6.01. The molecule has 3 aromatic rings. The molecule has 0 amide bonds. The van der Waals surface area contributed by atoms with Crippen molar-refractivity contribution in [2.75, 3.05) is 6.61 Å². The number of aromatic nitrogens is 2. The highest BCUT2D eigenvalue weighted by Crippen LogP contribution is 2.31. The number of hydrogen-bond acceptors (Lipinski definition) is 7. The maximum Gasteiger partial charge on any atom is 0.397 e. The lowest BCUT2D eigenvalue weighted by Crippen LogP contribution is -2.23. The van der Waals surface area contributed by atoms with Gasteiger partial charge in [0.1, 0.15) is 22.4 Å². The predicted molar refractivity (Wildman–Crippen MR) is 126 cm³/mol. The first-order valence-corrected chi connectivity index (χ1v) is 11.7. The summed E-state index contributed by atoms with van der Waals surface area (Å²) in [6, 6.07) is 13.1. The number of carbonyl (C=O) groups excluding carboxylic acids is 1. The molecule has 0 spiro atoms. The summed E-state index contributed by atoms with van der Waals surface area (Å²) in [6.07, 6.45) is -3.23. The van der Waals surface area contributed by atoms with Crippen molar-refractivity contribution in [3.63, 3.8) is 0 Å². The van der Waals surface area contributed by atoms with Crippen LogP contribution in [0.5, 0.6) is 5.75 Å². The first kappa shape index (κ1) is 25.4. The number of thiophene rings is 1. The first-order chi connectivity index (χ1) is 16.2. The molecule has 1 unspecified atom stereocenters. The second kappa shape index (κ2) is 10.8. The number of ketones is 1. The average molecular weight is 486 g/mol. The Kier molecular flexibility index (Phi) is 8.07. The molecule has 0 aliphatic rings. The predicted octanol–water partition coefficient (Wildman–Crippen LogP) is 5.96. The molecule has 0 aliphatic carbocycles. The van der Waals surface area contributed by atoms with Crippen molar-refractivity contribution in [2.45, 2.75) is 39.7 Å². The molecule has 6 nitrogen and oxygen atoms in total. The van der Waals surface area contributed by atoms with E-state index in [1.807, 2.05) is 6.92 Å². The topological polar surface area (TPSA) is 96.1 Å². The number of aliphatic hydroxyl groups excluding tert-OH is 1. The molecule has 0 saturated heterocycles. The third-order valence-electron chi connectivity index (χ3n) is 5.60. The van der Waals surface area contributed by atoms with Crippen molar-refractivity contribution in [3.05, 3.63) is 53.0 Å². The van der Waals surface area contributed by atoms with Gasteiger partial charge in [0.05, 0.1) is 10.6 Å². The van der Waals surface area contributed by atoms with Crippen LogP contribution in [0.15, 0.2) is 42.5 Å². The fourth-order valence-electron chi connectivity index (χ4n) is 3.23. The van der Waals surface area contributed by atoms with Crippen LogP contribution in [0.25, 0.3) is 22.0 Å². The number of carbonyl (C=O) groups is 1. The second-order valence-corrected chi connectivity index (χ2v) is 9.08. The maximum atomic E-state index is 13.6. The molecular formula is C25H25F2N3O3S. The molecule has 0 saturated carbocycles. The molecule has 1 aromatic carbocycles. The Labute approximate surface area is 200 Å². The van der Waals surface area contributed by atoms with E-state index in [1.165, 1.54) is 30.4 Å². The van der Waals surface area contributed by atoms with Crippen LogP contribution in [-0.2, 0) is 0 Å². The van der Waals surface area contributed by atoms with Crippen LogP contribution in [-0.4, -0.2) is 33.6 Å². The van der Waals surface area contributed by atoms with Gasteiger partial charge >= 0.3 is 6.11 Å². The molecule has 178 valence electrons. The van der Waals surface area contributed by atoms with Gasteiger partial charge in [0.15, 0.2) is 11.6 Å². The summed E-state index contributed by atoms with van der Waals surface area (Å²) in [5, 5.41) is 18.4. The number of rotatable bonds is 10. The van der Waals surface area contributed by atoms with Crippen LogP contribution < -0.4 is 4.74 Å². The van der Waals surface area contributed by atoms with E-state index in [0.717, 1.165) is 0 Å². The van der Waals surface area contributed by atoms with E-state index in [-0.39, 0.29) is 35.7 Å². The Bertz CT molecular complexity index is 1190. The molecule has 3 rings (SSSR count). The number of halogens is 2. The Morgan fingerprint density at radius 1 is 1.21 bits per heavy atom. The monoisotopic (exact) mass is 485 g/mol. The van der Waals surface area contributed by atoms with Crippen molar-refractivity contribution in [1.29, 1.82) is 5.26 Å². The third-order valence-corrected chi connectivity index (χ3v) is 6.58. The molecule has 2 heterocycles. The minimum atomic E-state index is -3.26. The number of nitriles is 1. The van der Waals surface area contributed by atoms with Gasteiger partial charge in [-0.05, 0) is 54.8 Å². The smallest absolute Gasteiger partial charge is 0.397 e. The molecule has 2 atom stereocenters. The van der Waals surface area contributed by atoms with Gasteiger partial charge in [-0.2, -0.15) is 14.0 Å². The van der Waals surface area contributed by atoms with Crippen molar-refractivity contribution < 1.29 is 23.4 Å². The Balaban J connectivity index is 2.02. The Hall–Kier alpha value is -3.22. The van der Waals surface area contributed by atoms with Gasteiger partial charge in [0.25, 0.3) is 0 Å². The summed E-state index contributed by atoms with van der Waals surface area (Å²) < 4.78 is 31.8. The minimum absolute atomic E-state index is 0.0172. The van der Waals surface area contributed by atoms with E-state index in [9.17, 15) is 18.7 Å². The van der Waals surface area contributed by atoms with Gasteiger partial charge in [-0.15, -0.1) is 11.3 Å². The van der Waals surface area contributed by atoms with Crippen molar-refractivity contribution in [1.82, 2.24) is 9.97 Å². The minimum Gasteiger partial charge on any atom is -0.433 e. The van der Waals surface area contributed by atoms with Crippen LogP contribution in [0.2, 0.25) is 0 Å². The highest BCUT2D eigenvalue weighted by atomic mass is 32.1. The number of alkyl halides is 2. The highest BCUT2D eigenvalue weighted by molar-refractivity contribution is 7.15. The maximum absolute atomic E-state index is 13.6. The highest BCUT2D eigenvalue weighted by Gasteiger charge is 2.28. The fraction of sp³-hybridized carbons (Fsp3) is 0.360. The average Bonchev–Trinajstić information content (AvgIpc) is 3.33. The molecule has 34 heavy (non-hydrogen) atoms. The Morgan fingerprint density at radius 2 is 1.91 bits per heavy atom. The summed E-state index contributed by atoms with van der Waals surface area (Å²) in [6.45, 7) is 5.00. The van der Waals surface area contributed by atoms with Crippen LogP contribution >= 0.6 is 11.3 Å². The van der Waals surface area contributed by atoms with E-state index >= 15 is 0 Å². The normalized spacial score (nSPS) is 13.2. The SMILES string of the molecule is CCC(F)(F)Oc1ccc(-c2cc(C(=O)[C@@H](C)C(C)CCO)nc(-c3ccc(C#N)s3)n2)cc1. The van der Waals surface area contributed by atoms with E-state index < -0.39 is 12.5 Å². The van der Waals surface area contributed by atoms with Crippen LogP contribution in [0, 0.1) is 23.2 Å².